The summed E-state index contributed by atoms with van der Waals surface area (Å²) >= 11 is 0. The summed E-state index contributed by atoms with van der Waals surface area (Å²) in [6.07, 6.45) is 5.33. The molecule has 0 spiro atoms. The smallest absolute Gasteiger partial charge is 0.159 e. The van der Waals surface area contributed by atoms with Crippen molar-refractivity contribution in [1.82, 2.24) is 0 Å². The van der Waals surface area contributed by atoms with Gasteiger partial charge in [-0.15, -0.1) is 0 Å². The van der Waals surface area contributed by atoms with Crippen LogP contribution >= 0.6 is 0 Å². The molecule has 0 aliphatic heterocycles. The summed E-state index contributed by atoms with van der Waals surface area (Å²) in [5.41, 5.74) is 18.1. The standard InChI is InChI=1S/C66H62N2O2/c1-11-65(7,8)53-21-13-17-47-49-19-15-23-57(63(49)69-61(47)53)67(45-31-25-39(3)41(5)37-45)55-35-29-43-28-34-52-56(36-30-44-27-33-51(55)59(43)60(44)52)68(46-32-26-40(4)42(6)38-46)58-24-16-20-50-48-18-14-22-54(66(9,10)12-2)62(48)70-64(50)58/h13-35,37-38,56H,11-12,36H2,1-10H3. The van der Waals surface area contributed by atoms with Gasteiger partial charge in [-0.3, -0.25) is 0 Å². The van der Waals surface area contributed by atoms with Crippen LogP contribution in [0, 0.1) is 27.7 Å². The van der Waals surface area contributed by atoms with Crippen molar-refractivity contribution in [3.8, 4) is 0 Å². The Hall–Kier alpha value is -7.30. The van der Waals surface area contributed by atoms with Crippen LogP contribution in [0.2, 0.25) is 0 Å². The third-order valence-electron chi connectivity index (χ3n) is 16.7. The van der Waals surface area contributed by atoms with Crippen molar-refractivity contribution in [2.75, 3.05) is 9.80 Å². The van der Waals surface area contributed by atoms with Crippen LogP contribution in [0.1, 0.15) is 106 Å². The summed E-state index contributed by atoms with van der Waals surface area (Å²) < 4.78 is 14.4. The molecule has 0 fully saturated rings. The maximum atomic E-state index is 7.20. The molecule has 348 valence electrons. The molecule has 0 bridgehead atoms. The van der Waals surface area contributed by atoms with Crippen LogP contribution < -0.4 is 15.0 Å². The molecular formula is C66H62N2O2. The average Bonchev–Trinajstić information content (AvgIpc) is 3.96. The van der Waals surface area contributed by atoms with Gasteiger partial charge in [0.15, 0.2) is 11.2 Å². The molecule has 2 heterocycles. The number of hydrogen-bond acceptors (Lipinski definition) is 4. The van der Waals surface area contributed by atoms with E-state index in [-0.39, 0.29) is 16.9 Å². The van der Waals surface area contributed by atoms with E-state index in [1.54, 1.807) is 0 Å². The van der Waals surface area contributed by atoms with Gasteiger partial charge in [0.2, 0.25) is 0 Å². The maximum Gasteiger partial charge on any atom is 0.159 e. The highest BCUT2D eigenvalue weighted by Gasteiger charge is 2.32. The van der Waals surface area contributed by atoms with E-state index in [0.29, 0.717) is 0 Å². The zero-order valence-electron chi connectivity index (χ0n) is 42.3. The molecule has 0 saturated heterocycles. The zero-order valence-corrected chi connectivity index (χ0v) is 42.3. The van der Waals surface area contributed by atoms with Crippen molar-refractivity contribution in [1.29, 1.82) is 0 Å². The van der Waals surface area contributed by atoms with Gasteiger partial charge in [0.05, 0.1) is 23.1 Å². The molecule has 1 atom stereocenters. The minimum absolute atomic E-state index is 0.0136. The van der Waals surface area contributed by atoms with Gasteiger partial charge in [0.25, 0.3) is 0 Å². The highest BCUT2D eigenvalue weighted by atomic mass is 16.3. The fraction of sp³-hybridized carbons (Fsp3) is 0.242. The first-order valence-electron chi connectivity index (χ1n) is 25.4. The molecular weight excluding hydrogens is 853 g/mol. The van der Waals surface area contributed by atoms with Crippen LogP contribution in [0.5, 0.6) is 0 Å². The normalized spacial score (nSPS) is 14.2. The second-order valence-electron chi connectivity index (χ2n) is 21.5. The van der Waals surface area contributed by atoms with Crippen molar-refractivity contribution < 1.29 is 8.83 Å². The Labute approximate surface area is 411 Å². The van der Waals surface area contributed by atoms with Gasteiger partial charge in [-0.2, -0.15) is 0 Å². The minimum atomic E-state index is -0.0431. The summed E-state index contributed by atoms with van der Waals surface area (Å²) in [6, 6.07) is 54.6. The van der Waals surface area contributed by atoms with Gasteiger partial charge in [-0.25, -0.2) is 0 Å². The molecule has 0 N–H and O–H groups in total. The van der Waals surface area contributed by atoms with E-state index in [4.69, 9.17) is 8.83 Å². The number of fused-ring (bicyclic) bond motifs is 6. The Morgan fingerprint density at radius 1 is 0.471 bits per heavy atom. The SMILES string of the molecule is CCC(C)(C)c1cccc2c1oc1c(N(c3ccc(C)c(C)c3)c3ccc4ccc5c6c(ccc3c46)=CCC5N(c3ccc(C)c(C)c3)c3cccc4c3oc3c(C(C)(C)CC)cccc34)cccc12. The van der Waals surface area contributed by atoms with E-state index in [9.17, 15) is 0 Å². The summed E-state index contributed by atoms with van der Waals surface area (Å²) in [7, 11) is 0. The van der Waals surface area contributed by atoms with Gasteiger partial charge >= 0.3 is 0 Å². The van der Waals surface area contributed by atoms with Crippen molar-refractivity contribution in [2.24, 2.45) is 0 Å². The predicted molar refractivity (Wildman–Crippen MR) is 298 cm³/mol. The van der Waals surface area contributed by atoms with E-state index in [1.165, 1.54) is 71.1 Å². The molecule has 0 saturated carbocycles. The summed E-state index contributed by atoms with van der Waals surface area (Å²) in [6.45, 7) is 22.7. The third-order valence-corrected chi connectivity index (χ3v) is 16.7. The molecule has 11 aromatic rings. The molecule has 4 nitrogen and oxygen atoms in total. The fourth-order valence-corrected chi connectivity index (χ4v) is 11.5. The van der Waals surface area contributed by atoms with Crippen LogP contribution in [0.3, 0.4) is 0 Å². The van der Waals surface area contributed by atoms with Gasteiger partial charge in [0.1, 0.15) is 11.2 Å². The first-order chi connectivity index (χ1) is 33.8. The van der Waals surface area contributed by atoms with Crippen molar-refractivity contribution in [3.05, 3.63) is 190 Å². The van der Waals surface area contributed by atoms with Crippen LogP contribution in [-0.2, 0) is 10.8 Å². The Kier molecular flexibility index (Phi) is 10.1. The molecule has 0 amide bonds. The quantitative estimate of drug-likeness (QED) is 0.137. The number of anilines is 5. The lowest BCUT2D eigenvalue weighted by Gasteiger charge is -2.36. The summed E-state index contributed by atoms with van der Waals surface area (Å²) in [5, 5.41) is 10.9. The largest absolute Gasteiger partial charge is 0.454 e. The van der Waals surface area contributed by atoms with Gasteiger partial charge < -0.3 is 18.6 Å². The number of nitrogens with zero attached hydrogens (tertiary/aromatic N) is 2. The highest BCUT2D eigenvalue weighted by Crippen LogP contribution is 2.51. The zero-order chi connectivity index (χ0) is 48.4. The molecule has 9 aromatic carbocycles. The molecule has 12 rings (SSSR count). The van der Waals surface area contributed by atoms with Crippen LogP contribution in [-0.4, -0.2) is 0 Å². The van der Waals surface area contributed by atoms with E-state index in [1.807, 2.05) is 0 Å². The number of aryl methyl sites for hydroxylation is 4. The summed E-state index contributed by atoms with van der Waals surface area (Å²) in [4.78, 5) is 5.03. The Bertz CT molecular complexity index is 3970. The molecule has 0 radical (unpaired) electrons. The predicted octanol–water partition coefficient (Wildman–Crippen LogP) is 18.7. The number of furan rings is 2. The number of para-hydroxylation sites is 4. The van der Waals surface area contributed by atoms with Crippen LogP contribution in [0.4, 0.5) is 28.4 Å². The molecule has 2 aromatic heterocycles. The first kappa shape index (κ1) is 43.9. The third kappa shape index (κ3) is 6.63. The highest BCUT2D eigenvalue weighted by molar-refractivity contribution is 6.19. The summed E-state index contributed by atoms with van der Waals surface area (Å²) in [5.74, 6) is 0. The van der Waals surface area contributed by atoms with Gasteiger partial charge in [-0.05, 0) is 149 Å². The van der Waals surface area contributed by atoms with E-state index in [0.717, 1.165) is 86.2 Å². The van der Waals surface area contributed by atoms with E-state index >= 15 is 0 Å². The lowest BCUT2D eigenvalue weighted by atomic mass is 9.81. The Morgan fingerprint density at radius 3 is 1.60 bits per heavy atom. The Balaban J connectivity index is 1.10. The van der Waals surface area contributed by atoms with Crippen LogP contribution in [0.15, 0.2) is 154 Å². The first-order valence-corrected chi connectivity index (χ1v) is 25.4. The monoisotopic (exact) mass is 914 g/mol. The van der Waals surface area contributed by atoms with Crippen molar-refractivity contribution in [2.45, 2.75) is 105 Å². The lowest BCUT2D eigenvalue weighted by molar-refractivity contribution is 0.500. The number of rotatable bonds is 10. The average molecular weight is 915 g/mol. The van der Waals surface area contributed by atoms with Crippen LogP contribution in [0.25, 0.3) is 71.5 Å². The van der Waals surface area contributed by atoms with Crippen molar-refractivity contribution >= 4 is 99.9 Å². The Morgan fingerprint density at radius 2 is 1.00 bits per heavy atom. The minimum Gasteiger partial charge on any atom is -0.454 e. The number of hydrogen-bond donors (Lipinski definition) is 0. The topological polar surface area (TPSA) is 32.8 Å². The molecule has 1 aliphatic carbocycles. The van der Waals surface area contributed by atoms with Crippen molar-refractivity contribution in [3.63, 3.8) is 0 Å². The van der Waals surface area contributed by atoms with Gasteiger partial charge in [0, 0.05) is 49.4 Å². The molecule has 1 unspecified atom stereocenters. The number of benzene rings is 9. The second kappa shape index (κ2) is 16.1. The molecule has 4 heteroatoms. The second-order valence-corrected chi connectivity index (χ2v) is 21.5. The van der Waals surface area contributed by atoms with E-state index in [2.05, 4.69) is 231 Å². The fourth-order valence-electron chi connectivity index (χ4n) is 11.5. The maximum absolute atomic E-state index is 7.20. The lowest BCUT2D eigenvalue weighted by Crippen LogP contribution is -2.28. The van der Waals surface area contributed by atoms with Gasteiger partial charge in [-0.1, -0.05) is 151 Å². The van der Waals surface area contributed by atoms with E-state index < -0.39 is 0 Å². The molecule has 70 heavy (non-hydrogen) atoms. The molecule has 1 aliphatic rings.